The summed E-state index contributed by atoms with van der Waals surface area (Å²) in [5, 5.41) is 7.67. The molecule has 0 aliphatic heterocycles. The van der Waals surface area contributed by atoms with Crippen molar-refractivity contribution in [2.75, 3.05) is 0 Å². The van der Waals surface area contributed by atoms with Gasteiger partial charge in [0.1, 0.15) is 10.4 Å². The number of carbonyl (C=O) groups is 1. The van der Waals surface area contributed by atoms with E-state index in [2.05, 4.69) is 10.3 Å². The number of nitrogens with zero attached hydrogens (tertiary/aromatic N) is 3. The van der Waals surface area contributed by atoms with Gasteiger partial charge in [-0.1, -0.05) is 23.4 Å². The Morgan fingerprint density at radius 3 is 2.57 bits per heavy atom. The number of aryl methyl sites for hydroxylation is 1. The molecular formula is C14H12KN3O4S. The molecule has 9 heteroatoms. The van der Waals surface area contributed by atoms with Gasteiger partial charge < -0.3 is 0 Å². The average molecular weight is 357 g/mol. The van der Waals surface area contributed by atoms with Crippen molar-refractivity contribution in [1.29, 1.82) is 0 Å². The molecule has 23 heavy (non-hydrogen) atoms. The molecule has 0 fully saturated rings. The van der Waals surface area contributed by atoms with Crippen molar-refractivity contribution in [2.45, 2.75) is 11.8 Å². The molecule has 2 aromatic carbocycles. The van der Waals surface area contributed by atoms with Crippen LogP contribution in [0.3, 0.4) is 0 Å². The van der Waals surface area contributed by atoms with E-state index < -0.39 is 20.9 Å². The van der Waals surface area contributed by atoms with Crippen molar-refractivity contribution in [3.05, 3.63) is 53.6 Å². The summed E-state index contributed by atoms with van der Waals surface area (Å²) in [6, 6.07) is 10.6. The Morgan fingerprint density at radius 2 is 1.87 bits per heavy atom. The van der Waals surface area contributed by atoms with Crippen LogP contribution >= 0.6 is 0 Å². The first-order valence-electron chi connectivity index (χ1n) is 6.31. The standard InChI is InChI=1S/C14H11N3O4S.K.H/c1-9-6-7-12-11(8-9)15-16-17(12)14(18)10-4-2-3-5-13(10)22(19,20)21;;/h2-8H,1H3,(H,19,20,21);;. The molecule has 1 aromatic heterocycles. The second-order valence-electron chi connectivity index (χ2n) is 4.77. The molecule has 0 amide bonds. The predicted octanol–water partition coefficient (Wildman–Crippen LogP) is 1.03. The second-order valence-corrected chi connectivity index (χ2v) is 6.16. The first-order chi connectivity index (χ1) is 10.4. The third-order valence-corrected chi connectivity index (χ3v) is 4.10. The Balaban J connectivity index is 0.00000192. The van der Waals surface area contributed by atoms with Crippen LogP contribution in [0.4, 0.5) is 0 Å². The quantitative estimate of drug-likeness (QED) is 0.543. The zero-order chi connectivity index (χ0) is 15.9. The summed E-state index contributed by atoms with van der Waals surface area (Å²) in [4.78, 5) is 12.1. The monoisotopic (exact) mass is 357 g/mol. The first-order valence-corrected chi connectivity index (χ1v) is 7.75. The van der Waals surface area contributed by atoms with Crippen LogP contribution in [0, 0.1) is 6.92 Å². The summed E-state index contributed by atoms with van der Waals surface area (Å²) in [5.74, 6) is -0.681. The van der Waals surface area contributed by atoms with E-state index >= 15 is 0 Å². The van der Waals surface area contributed by atoms with Crippen molar-refractivity contribution in [3.63, 3.8) is 0 Å². The van der Waals surface area contributed by atoms with Crippen LogP contribution in [0.5, 0.6) is 0 Å². The van der Waals surface area contributed by atoms with Gasteiger partial charge in [-0.25, -0.2) is 0 Å². The summed E-state index contributed by atoms with van der Waals surface area (Å²) >= 11 is 0. The summed E-state index contributed by atoms with van der Waals surface area (Å²) in [5.41, 5.74) is 1.78. The van der Waals surface area contributed by atoms with E-state index in [1.54, 1.807) is 18.2 Å². The van der Waals surface area contributed by atoms with Crippen molar-refractivity contribution in [1.82, 2.24) is 15.0 Å². The first kappa shape index (κ1) is 18.4. The topological polar surface area (TPSA) is 102 Å². The average Bonchev–Trinajstić information content (AvgIpc) is 2.88. The van der Waals surface area contributed by atoms with Crippen molar-refractivity contribution in [2.24, 2.45) is 0 Å². The molecule has 114 valence electrons. The Labute approximate surface area is 174 Å². The van der Waals surface area contributed by atoms with Crippen LogP contribution in [-0.2, 0) is 10.1 Å². The van der Waals surface area contributed by atoms with Crippen molar-refractivity contribution in [3.8, 4) is 0 Å². The molecule has 0 bridgehead atoms. The molecule has 0 radical (unpaired) electrons. The van der Waals surface area contributed by atoms with Crippen LogP contribution in [0.15, 0.2) is 47.4 Å². The maximum absolute atomic E-state index is 12.6. The van der Waals surface area contributed by atoms with Crippen molar-refractivity contribution >= 4 is 78.4 Å². The fourth-order valence-corrected chi connectivity index (χ4v) is 2.85. The number of rotatable bonds is 2. The maximum atomic E-state index is 12.6. The van der Waals surface area contributed by atoms with Crippen LogP contribution in [0.2, 0.25) is 0 Å². The molecular weight excluding hydrogens is 345 g/mol. The molecule has 1 heterocycles. The molecule has 0 unspecified atom stereocenters. The fourth-order valence-electron chi connectivity index (χ4n) is 2.17. The molecule has 0 atom stereocenters. The summed E-state index contributed by atoms with van der Waals surface area (Å²) in [6.07, 6.45) is 0. The number of hydrogen-bond donors (Lipinski definition) is 1. The molecule has 0 saturated carbocycles. The molecule has 0 saturated heterocycles. The normalized spacial score (nSPS) is 11.2. The zero-order valence-corrected chi connectivity index (χ0v) is 12.3. The van der Waals surface area contributed by atoms with E-state index in [1.165, 1.54) is 18.2 Å². The van der Waals surface area contributed by atoms with Gasteiger partial charge in [0.15, 0.2) is 0 Å². The number of benzene rings is 2. The Bertz CT molecular complexity index is 998. The molecule has 0 aliphatic rings. The number of aromatic nitrogens is 3. The van der Waals surface area contributed by atoms with E-state index in [9.17, 15) is 17.8 Å². The summed E-state index contributed by atoms with van der Waals surface area (Å²) < 4.78 is 33.0. The van der Waals surface area contributed by atoms with Crippen LogP contribution in [-0.4, -0.2) is 85.3 Å². The minimum absolute atomic E-state index is 0. The predicted molar refractivity (Wildman–Crippen MR) is 85.4 cm³/mol. The molecule has 0 aliphatic carbocycles. The third kappa shape index (κ3) is 3.60. The molecule has 3 rings (SSSR count). The summed E-state index contributed by atoms with van der Waals surface area (Å²) in [6.45, 7) is 1.88. The van der Waals surface area contributed by atoms with Crippen LogP contribution in [0.1, 0.15) is 15.9 Å². The molecule has 7 nitrogen and oxygen atoms in total. The van der Waals surface area contributed by atoms with Crippen molar-refractivity contribution < 1.29 is 17.8 Å². The third-order valence-electron chi connectivity index (χ3n) is 3.19. The molecule has 1 N–H and O–H groups in total. The number of hydrogen-bond acceptors (Lipinski definition) is 5. The number of carbonyl (C=O) groups excluding carboxylic acids is 1. The second kappa shape index (κ2) is 6.89. The van der Waals surface area contributed by atoms with Gasteiger partial charge in [0.05, 0.1) is 11.1 Å². The van der Waals surface area contributed by atoms with E-state index in [0.29, 0.717) is 11.0 Å². The molecule has 3 aromatic rings. The zero-order valence-electron chi connectivity index (χ0n) is 11.5. The Morgan fingerprint density at radius 1 is 1.17 bits per heavy atom. The Kier molecular flexibility index (Phi) is 5.51. The van der Waals surface area contributed by atoms with Gasteiger partial charge in [0.25, 0.3) is 16.0 Å². The van der Waals surface area contributed by atoms with E-state index in [4.69, 9.17) is 0 Å². The van der Waals surface area contributed by atoms with Gasteiger partial charge in [-0.2, -0.15) is 13.1 Å². The van der Waals surface area contributed by atoms with E-state index in [1.807, 2.05) is 6.92 Å². The Hall–Kier alpha value is -0.944. The van der Waals surface area contributed by atoms with Gasteiger partial charge in [-0.15, -0.1) is 5.10 Å². The van der Waals surface area contributed by atoms with Gasteiger partial charge in [0.2, 0.25) is 0 Å². The van der Waals surface area contributed by atoms with Gasteiger partial charge >= 0.3 is 51.4 Å². The van der Waals surface area contributed by atoms with Gasteiger partial charge in [0, 0.05) is 0 Å². The van der Waals surface area contributed by atoms with Crippen LogP contribution in [0.25, 0.3) is 11.0 Å². The fraction of sp³-hybridized carbons (Fsp3) is 0.0714. The van der Waals surface area contributed by atoms with E-state index in [-0.39, 0.29) is 56.9 Å². The summed E-state index contributed by atoms with van der Waals surface area (Å²) in [7, 11) is -4.51. The van der Waals surface area contributed by atoms with Crippen LogP contribution < -0.4 is 0 Å². The number of fused-ring (bicyclic) bond motifs is 1. The molecule has 0 spiro atoms. The van der Waals surface area contributed by atoms with E-state index in [0.717, 1.165) is 16.3 Å². The minimum atomic E-state index is -4.51. The van der Waals surface area contributed by atoms with Gasteiger partial charge in [-0.3, -0.25) is 9.35 Å². The van der Waals surface area contributed by atoms with Gasteiger partial charge in [-0.05, 0) is 36.8 Å². The SMILES string of the molecule is Cc1ccc2c(c1)nnn2C(=O)c1ccccc1S(=O)(=O)O.[KH].